The highest BCUT2D eigenvalue weighted by Gasteiger charge is 2.10. The van der Waals surface area contributed by atoms with Gasteiger partial charge < -0.3 is 9.67 Å². The molecule has 2 aromatic carbocycles. The Morgan fingerprint density at radius 3 is 2.52 bits per heavy atom. The zero-order valence-electron chi connectivity index (χ0n) is 11.9. The zero-order valence-corrected chi connectivity index (χ0v) is 11.9. The molecule has 0 radical (unpaired) electrons. The number of benzene rings is 2. The second-order valence-electron chi connectivity index (χ2n) is 5.28. The molecule has 1 atom stereocenters. The molecule has 3 nitrogen and oxygen atoms in total. The van der Waals surface area contributed by atoms with Crippen LogP contribution in [0.5, 0.6) is 0 Å². The van der Waals surface area contributed by atoms with Gasteiger partial charge in [0.05, 0.1) is 18.2 Å². The zero-order chi connectivity index (χ0) is 14.8. The number of pyridine rings is 1. The van der Waals surface area contributed by atoms with Crippen molar-refractivity contribution in [3.8, 4) is 0 Å². The normalized spacial score (nSPS) is 12.5. The second kappa shape index (κ2) is 5.54. The maximum absolute atomic E-state index is 11.8. The van der Waals surface area contributed by atoms with Crippen LogP contribution in [-0.2, 0) is 6.54 Å². The molecule has 1 N–H and O–H groups in total. The van der Waals surface area contributed by atoms with E-state index in [1.54, 1.807) is 12.3 Å². The number of aliphatic hydroxyl groups excluding tert-OH is 1. The number of nitrogens with zero attached hydrogens (tertiary/aromatic N) is 1. The lowest BCUT2D eigenvalue weighted by Crippen LogP contribution is -2.13. The van der Waals surface area contributed by atoms with Crippen LogP contribution in [-0.4, -0.2) is 9.67 Å². The van der Waals surface area contributed by atoms with Gasteiger partial charge in [0.1, 0.15) is 0 Å². The summed E-state index contributed by atoms with van der Waals surface area (Å²) in [5.74, 6) is 0. The standard InChI is InChI=1S/C18H17NO2/c1-13-6-8-14(9-7-13)18(21)12-19-11-10-17(20)15-4-2-3-5-16(15)19/h2-11,18,21H,12H2,1H3. The Hall–Kier alpha value is -2.39. The molecule has 3 heteroatoms. The first kappa shape index (κ1) is 13.6. The number of aliphatic hydroxyl groups is 1. The van der Waals surface area contributed by atoms with Gasteiger partial charge in [0, 0.05) is 17.6 Å². The third kappa shape index (κ3) is 2.73. The molecular weight excluding hydrogens is 262 g/mol. The first-order valence-corrected chi connectivity index (χ1v) is 6.98. The number of aryl methyl sites for hydroxylation is 1. The van der Waals surface area contributed by atoms with Crippen LogP contribution in [0.15, 0.2) is 65.6 Å². The lowest BCUT2D eigenvalue weighted by atomic mass is 10.1. The minimum Gasteiger partial charge on any atom is -0.387 e. The van der Waals surface area contributed by atoms with Crippen molar-refractivity contribution in [1.82, 2.24) is 4.57 Å². The summed E-state index contributed by atoms with van der Waals surface area (Å²) in [4.78, 5) is 11.8. The smallest absolute Gasteiger partial charge is 0.189 e. The summed E-state index contributed by atoms with van der Waals surface area (Å²) in [6.07, 6.45) is 1.14. The predicted molar refractivity (Wildman–Crippen MR) is 84.3 cm³/mol. The number of hydrogen-bond donors (Lipinski definition) is 1. The van der Waals surface area contributed by atoms with Crippen LogP contribution >= 0.6 is 0 Å². The molecule has 0 spiro atoms. The first-order valence-electron chi connectivity index (χ1n) is 6.98. The molecule has 3 aromatic rings. The molecule has 0 bridgehead atoms. The van der Waals surface area contributed by atoms with E-state index in [-0.39, 0.29) is 5.43 Å². The van der Waals surface area contributed by atoms with Crippen LogP contribution in [0.25, 0.3) is 10.9 Å². The van der Waals surface area contributed by atoms with Crippen LogP contribution in [0.4, 0.5) is 0 Å². The van der Waals surface area contributed by atoms with Crippen molar-refractivity contribution in [3.05, 3.63) is 82.1 Å². The lowest BCUT2D eigenvalue weighted by Gasteiger charge is -2.16. The van der Waals surface area contributed by atoms with Gasteiger partial charge in [-0.3, -0.25) is 4.79 Å². The van der Waals surface area contributed by atoms with E-state index in [2.05, 4.69) is 0 Å². The van der Waals surface area contributed by atoms with E-state index in [0.717, 1.165) is 11.1 Å². The second-order valence-corrected chi connectivity index (χ2v) is 5.28. The lowest BCUT2D eigenvalue weighted by molar-refractivity contribution is 0.158. The van der Waals surface area contributed by atoms with Crippen molar-refractivity contribution in [2.45, 2.75) is 19.6 Å². The van der Waals surface area contributed by atoms with Crippen molar-refractivity contribution in [2.24, 2.45) is 0 Å². The van der Waals surface area contributed by atoms with Crippen LogP contribution in [0.2, 0.25) is 0 Å². The van der Waals surface area contributed by atoms with Crippen LogP contribution in [0.3, 0.4) is 0 Å². The summed E-state index contributed by atoms with van der Waals surface area (Å²) < 4.78 is 1.92. The molecule has 0 saturated carbocycles. The van der Waals surface area contributed by atoms with Gasteiger partial charge in [0.15, 0.2) is 5.43 Å². The van der Waals surface area contributed by atoms with Gasteiger partial charge in [-0.05, 0) is 24.6 Å². The third-order valence-corrected chi connectivity index (χ3v) is 3.72. The Kier molecular flexibility index (Phi) is 3.59. The van der Waals surface area contributed by atoms with Gasteiger partial charge in [-0.25, -0.2) is 0 Å². The van der Waals surface area contributed by atoms with Crippen molar-refractivity contribution >= 4 is 10.9 Å². The highest BCUT2D eigenvalue weighted by Crippen LogP contribution is 2.18. The van der Waals surface area contributed by atoms with Crippen LogP contribution in [0, 0.1) is 6.92 Å². The molecular formula is C18H17NO2. The molecule has 0 aliphatic heterocycles. The fourth-order valence-electron chi connectivity index (χ4n) is 2.50. The monoisotopic (exact) mass is 279 g/mol. The summed E-state index contributed by atoms with van der Waals surface area (Å²) in [5, 5.41) is 11.1. The van der Waals surface area contributed by atoms with Gasteiger partial charge in [0.2, 0.25) is 0 Å². The molecule has 0 aliphatic carbocycles. The highest BCUT2D eigenvalue weighted by atomic mass is 16.3. The molecule has 1 unspecified atom stereocenters. The number of fused-ring (bicyclic) bond motifs is 1. The van der Waals surface area contributed by atoms with E-state index in [9.17, 15) is 9.90 Å². The van der Waals surface area contributed by atoms with Crippen LogP contribution in [0.1, 0.15) is 17.2 Å². The van der Waals surface area contributed by atoms with Crippen molar-refractivity contribution in [1.29, 1.82) is 0 Å². The topological polar surface area (TPSA) is 42.2 Å². The Labute approximate surface area is 123 Å². The molecule has 0 amide bonds. The Balaban J connectivity index is 1.96. The molecule has 0 aliphatic rings. The number of rotatable bonds is 3. The Morgan fingerprint density at radius 2 is 1.76 bits per heavy atom. The summed E-state index contributed by atoms with van der Waals surface area (Å²) in [5.41, 5.74) is 2.89. The van der Waals surface area contributed by atoms with Gasteiger partial charge in [-0.15, -0.1) is 0 Å². The molecule has 106 valence electrons. The Bertz CT molecular complexity index is 818. The fourth-order valence-corrected chi connectivity index (χ4v) is 2.50. The number of hydrogen-bond acceptors (Lipinski definition) is 2. The average Bonchev–Trinajstić information content (AvgIpc) is 2.51. The molecule has 0 saturated heterocycles. The maximum atomic E-state index is 11.8. The number of para-hydroxylation sites is 1. The van der Waals surface area contributed by atoms with Crippen molar-refractivity contribution in [2.75, 3.05) is 0 Å². The van der Waals surface area contributed by atoms with E-state index < -0.39 is 6.10 Å². The predicted octanol–water partition coefficient (Wildman–Crippen LogP) is 3.04. The minimum absolute atomic E-state index is 0.00618. The Morgan fingerprint density at radius 1 is 1.05 bits per heavy atom. The van der Waals surface area contributed by atoms with Crippen LogP contribution < -0.4 is 5.43 Å². The van der Waals surface area contributed by atoms with E-state index in [0.29, 0.717) is 11.9 Å². The van der Waals surface area contributed by atoms with Gasteiger partial charge >= 0.3 is 0 Å². The van der Waals surface area contributed by atoms with E-state index >= 15 is 0 Å². The highest BCUT2D eigenvalue weighted by molar-refractivity contribution is 5.78. The molecule has 1 heterocycles. The van der Waals surface area contributed by atoms with E-state index in [1.807, 2.05) is 60.0 Å². The maximum Gasteiger partial charge on any atom is 0.189 e. The summed E-state index contributed by atoms with van der Waals surface area (Å²) in [6, 6.07) is 16.9. The summed E-state index contributed by atoms with van der Waals surface area (Å²) >= 11 is 0. The average molecular weight is 279 g/mol. The quantitative estimate of drug-likeness (QED) is 0.800. The minimum atomic E-state index is -0.600. The van der Waals surface area contributed by atoms with Gasteiger partial charge in [-0.2, -0.15) is 0 Å². The van der Waals surface area contributed by atoms with Gasteiger partial charge in [0.25, 0.3) is 0 Å². The molecule has 3 rings (SSSR count). The summed E-state index contributed by atoms with van der Waals surface area (Å²) in [6.45, 7) is 2.44. The first-order chi connectivity index (χ1) is 10.1. The molecule has 21 heavy (non-hydrogen) atoms. The van der Waals surface area contributed by atoms with Gasteiger partial charge in [-0.1, -0.05) is 42.0 Å². The third-order valence-electron chi connectivity index (χ3n) is 3.72. The summed E-state index contributed by atoms with van der Waals surface area (Å²) in [7, 11) is 0. The van der Waals surface area contributed by atoms with Crippen molar-refractivity contribution < 1.29 is 5.11 Å². The fraction of sp³-hybridized carbons (Fsp3) is 0.167. The SMILES string of the molecule is Cc1ccc(C(O)Cn2ccc(=O)c3ccccc32)cc1. The number of aromatic nitrogens is 1. The largest absolute Gasteiger partial charge is 0.387 e. The van der Waals surface area contributed by atoms with E-state index in [4.69, 9.17) is 0 Å². The van der Waals surface area contributed by atoms with Crippen molar-refractivity contribution in [3.63, 3.8) is 0 Å². The molecule has 1 aromatic heterocycles. The van der Waals surface area contributed by atoms with E-state index in [1.165, 1.54) is 5.56 Å². The molecule has 0 fully saturated rings.